The van der Waals surface area contributed by atoms with E-state index < -0.39 is 5.97 Å². The van der Waals surface area contributed by atoms with Crippen LogP contribution >= 0.6 is 0 Å². The van der Waals surface area contributed by atoms with Crippen molar-refractivity contribution < 1.29 is 23.7 Å². The summed E-state index contributed by atoms with van der Waals surface area (Å²) in [6.45, 7) is 5.93. The molecule has 0 aromatic heterocycles. The molecule has 0 fully saturated rings. The molecular weight excluding hydrogens is 500 g/mol. The fourth-order valence-corrected chi connectivity index (χ4v) is 4.39. The fourth-order valence-electron chi connectivity index (χ4n) is 4.39. The minimum Gasteiger partial charge on any atom is -0.494 e. The van der Waals surface area contributed by atoms with Gasteiger partial charge >= 0.3 is 5.97 Å². The maximum absolute atomic E-state index is 12.1. The van der Waals surface area contributed by atoms with E-state index in [9.17, 15) is 4.79 Å². The van der Waals surface area contributed by atoms with Gasteiger partial charge in [0.15, 0.2) is 0 Å². The lowest BCUT2D eigenvalue weighted by Crippen LogP contribution is -2.04. The van der Waals surface area contributed by atoms with Crippen LogP contribution in [0.4, 0.5) is 0 Å². The second kappa shape index (κ2) is 22.8. The lowest BCUT2D eigenvalue weighted by Gasteiger charge is -2.08. The Morgan fingerprint density at radius 1 is 0.525 bits per heavy atom. The monoisotopic (exact) mass is 552 g/mol. The van der Waals surface area contributed by atoms with Gasteiger partial charge in [-0.25, -0.2) is 4.79 Å². The zero-order valence-electron chi connectivity index (χ0n) is 25.0. The minimum absolute atomic E-state index is 0.465. The smallest absolute Gasteiger partial charge is 0.339 e. The van der Waals surface area contributed by atoms with Crippen molar-refractivity contribution in [2.75, 3.05) is 13.2 Å². The molecule has 2 aromatic carbocycles. The van der Waals surface area contributed by atoms with E-state index in [4.69, 9.17) is 18.9 Å². The Labute approximate surface area is 243 Å². The summed E-state index contributed by atoms with van der Waals surface area (Å²) in [6, 6.07) is 14.5. The molecule has 0 spiro atoms. The van der Waals surface area contributed by atoms with E-state index in [2.05, 4.69) is 13.8 Å². The first-order chi connectivity index (χ1) is 19.7. The third-order valence-corrected chi connectivity index (χ3v) is 6.81. The largest absolute Gasteiger partial charge is 0.494 e. The summed E-state index contributed by atoms with van der Waals surface area (Å²) < 4.78 is 22.5. The maximum Gasteiger partial charge on any atom is 0.339 e. The van der Waals surface area contributed by atoms with E-state index >= 15 is 0 Å². The minimum atomic E-state index is -0.502. The van der Waals surface area contributed by atoms with Gasteiger partial charge in [-0.15, -0.1) is 0 Å². The van der Waals surface area contributed by atoms with Crippen LogP contribution in [-0.4, -0.2) is 19.2 Å². The molecule has 2 rings (SSSR count). The Balaban J connectivity index is 1.54. The van der Waals surface area contributed by atoms with Crippen molar-refractivity contribution in [3.8, 4) is 23.0 Å². The second-order valence-electron chi connectivity index (χ2n) is 10.4. The predicted octanol–water partition coefficient (Wildman–Crippen LogP) is 10.2. The highest BCUT2D eigenvalue weighted by molar-refractivity contribution is 5.83. The Kier molecular flexibility index (Phi) is 19.0. The number of rotatable bonds is 24. The van der Waals surface area contributed by atoms with Gasteiger partial charge in [-0.1, -0.05) is 104 Å². The molecule has 0 bridgehead atoms. The van der Waals surface area contributed by atoms with Gasteiger partial charge in [0.1, 0.15) is 23.0 Å². The van der Waals surface area contributed by atoms with E-state index in [0.29, 0.717) is 18.1 Å². The van der Waals surface area contributed by atoms with Crippen LogP contribution in [0.25, 0.3) is 0 Å². The zero-order chi connectivity index (χ0) is 28.5. The third kappa shape index (κ3) is 16.9. The molecule has 0 saturated heterocycles. The van der Waals surface area contributed by atoms with Gasteiger partial charge in [0, 0.05) is 0 Å². The molecule has 2 aromatic rings. The van der Waals surface area contributed by atoms with Gasteiger partial charge in [0.25, 0.3) is 0 Å². The first kappa shape index (κ1) is 33.3. The van der Waals surface area contributed by atoms with Crippen molar-refractivity contribution in [2.24, 2.45) is 0 Å². The molecule has 0 amide bonds. The summed E-state index contributed by atoms with van der Waals surface area (Å²) in [5, 5.41) is 0. The molecule has 0 aliphatic carbocycles. The molecule has 0 saturated carbocycles. The van der Waals surface area contributed by atoms with E-state index in [1.54, 1.807) is 12.1 Å². The van der Waals surface area contributed by atoms with E-state index in [-0.39, 0.29) is 0 Å². The Morgan fingerprint density at radius 2 is 0.900 bits per heavy atom. The van der Waals surface area contributed by atoms with Crippen LogP contribution < -0.4 is 18.9 Å². The van der Waals surface area contributed by atoms with Gasteiger partial charge in [0.2, 0.25) is 0 Å². The molecule has 5 heteroatoms. The molecule has 0 aliphatic rings. The highest BCUT2D eigenvalue weighted by Crippen LogP contribution is 2.20. The van der Waals surface area contributed by atoms with Gasteiger partial charge < -0.3 is 18.9 Å². The van der Waals surface area contributed by atoms with E-state index in [0.717, 1.165) is 30.9 Å². The van der Waals surface area contributed by atoms with Crippen molar-refractivity contribution in [3.05, 3.63) is 60.9 Å². The number of benzene rings is 2. The third-order valence-electron chi connectivity index (χ3n) is 6.81. The van der Waals surface area contributed by atoms with Gasteiger partial charge in [-0.2, -0.15) is 0 Å². The fraction of sp³-hybridized carbons (Fsp3) is 0.571. The molecule has 222 valence electrons. The van der Waals surface area contributed by atoms with E-state index in [1.165, 1.54) is 102 Å². The van der Waals surface area contributed by atoms with Crippen LogP contribution in [-0.2, 0) is 4.79 Å². The molecule has 40 heavy (non-hydrogen) atoms. The van der Waals surface area contributed by atoms with Gasteiger partial charge in [-0.3, -0.25) is 0 Å². The molecule has 0 heterocycles. The van der Waals surface area contributed by atoms with Crippen LogP contribution in [0.5, 0.6) is 23.0 Å². The second-order valence-corrected chi connectivity index (χ2v) is 10.4. The predicted molar refractivity (Wildman–Crippen MR) is 164 cm³/mol. The van der Waals surface area contributed by atoms with Crippen molar-refractivity contribution in [3.63, 3.8) is 0 Å². The van der Waals surface area contributed by atoms with Crippen LogP contribution in [0.2, 0.25) is 0 Å². The number of carbonyl (C=O) groups is 1. The van der Waals surface area contributed by atoms with Gasteiger partial charge in [0.05, 0.1) is 25.6 Å². The molecule has 5 nitrogen and oxygen atoms in total. The summed E-state index contributed by atoms with van der Waals surface area (Å²) in [5.74, 6) is 2.20. The molecule has 0 unspecified atom stereocenters. The number of hydrogen-bond donors (Lipinski definition) is 0. The number of ether oxygens (including phenoxy) is 4. The number of esters is 1. The summed E-state index contributed by atoms with van der Waals surface area (Å²) in [5.41, 5.74) is 0. The quantitative estimate of drug-likeness (QED) is 0.0426. The molecule has 0 radical (unpaired) electrons. The number of unbranched alkanes of at least 4 members (excludes halogenated alkanes) is 14. The highest BCUT2D eigenvalue weighted by atomic mass is 16.5. The van der Waals surface area contributed by atoms with Crippen LogP contribution in [0, 0.1) is 0 Å². The maximum atomic E-state index is 12.1. The number of carbonyl (C=O) groups excluding carboxylic acids is 1. The SMILES string of the molecule is CCCCCCCCCCOc1ccc(O/C=C/C(=O)Oc2ccc(OCCCCCCCCCC)cc2)cc1. The Bertz CT molecular complexity index is 904. The van der Waals surface area contributed by atoms with Crippen molar-refractivity contribution in [2.45, 2.75) is 117 Å². The summed E-state index contributed by atoms with van der Waals surface area (Å²) >= 11 is 0. The topological polar surface area (TPSA) is 54.0 Å². The average molecular weight is 553 g/mol. The Morgan fingerprint density at radius 3 is 1.35 bits per heavy atom. The highest BCUT2D eigenvalue weighted by Gasteiger charge is 2.03. The van der Waals surface area contributed by atoms with Crippen molar-refractivity contribution in [1.82, 2.24) is 0 Å². The molecular formula is C35H52O5. The van der Waals surface area contributed by atoms with Crippen LogP contribution in [0.3, 0.4) is 0 Å². The lowest BCUT2D eigenvalue weighted by molar-refractivity contribution is -0.129. The Hall–Kier alpha value is -2.95. The molecule has 0 aliphatic heterocycles. The average Bonchev–Trinajstić information content (AvgIpc) is 2.97. The summed E-state index contributed by atoms with van der Waals surface area (Å²) in [7, 11) is 0. The standard InChI is InChI=1S/C35H52O5/c1-3-5-7-9-11-13-15-17-28-37-31-19-21-33(22-20-31)39-30-27-35(36)40-34-25-23-32(24-26-34)38-29-18-16-14-12-10-8-6-4-2/h19-27,30H,3-18,28-29H2,1-2H3/b30-27+. The number of hydrogen-bond acceptors (Lipinski definition) is 5. The summed E-state index contributed by atoms with van der Waals surface area (Å²) in [6.07, 6.45) is 23.1. The molecule has 0 N–H and O–H groups in total. The van der Waals surface area contributed by atoms with Crippen LogP contribution in [0.1, 0.15) is 117 Å². The van der Waals surface area contributed by atoms with E-state index in [1.807, 2.05) is 36.4 Å². The first-order valence-corrected chi connectivity index (χ1v) is 15.7. The van der Waals surface area contributed by atoms with Crippen molar-refractivity contribution in [1.29, 1.82) is 0 Å². The normalized spacial score (nSPS) is 11.1. The first-order valence-electron chi connectivity index (χ1n) is 15.7. The van der Waals surface area contributed by atoms with Gasteiger partial charge in [-0.05, 0) is 61.4 Å². The molecule has 0 atom stereocenters. The van der Waals surface area contributed by atoms with Crippen LogP contribution in [0.15, 0.2) is 60.9 Å². The zero-order valence-corrected chi connectivity index (χ0v) is 25.0. The van der Waals surface area contributed by atoms with Crippen molar-refractivity contribution >= 4 is 5.97 Å². The lowest BCUT2D eigenvalue weighted by atomic mass is 10.1. The summed E-state index contributed by atoms with van der Waals surface area (Å²) in [4.78, 5) is 12.1.